The lowest BCUT2D eigenvalue weighted by molar-refractivity contribution is 0.328. The van der Waals surface area contributed by atoms with Gasteiger partial charge in [0.1, 0.15) is 17.5 Å². The highest BCUT2D eigenvalue weighted by atomic mass is 15.2. The molecule has 0 radical (unpaired) electrons. The third kappa shape index (κ3) is 2.92. The van der Waals surface area contributed by atoms with Crippen molar-refractivity contribution in [1.82, 2.24) is 9.97 Å². The summed E-state index contributed by atoms with van der Waals surface area (Å²) in [4.78, 5) is 11.1. The van der Waals surface area contributed by atoms with E-state index in [-0.39, 0.29) is 5.41 Å². The molecule has 102 valence electrons. The fourth-order valence-electron chi connectivity index (χ4n) is 1.83. The van der Waals surface area contributed by atoms with Crippen molar-refractivity contribution in [2.75, 3.05) is 17.7 Å². The molecule has 0 bridgehead atoms. The average Bonchev–Trinajstić information content (AvgIpc) is 2.29. The average molecular weight is 250 g/mol. The fraction of sp³-hybridized carbons (Fsp3) is 0.714. The van der Waals surface area contributed by atoms with Crippen LogP contribution in [0.5, 0.6) is 0 Å². The Kier molecular flexibility index (Phi) is 4.20. The van der Waals surface area contributed by atoms with Gasteiger partial charge in [-0.1, -0.05) is 27.7 Å². The minimum Gasteiger partial charge on any atom is -0.383 e. The summed E-state index contributed by atoms with van der Waals surface area (Å²) in [7, 11) is 2.07. The van der Waals surface area contributed by atoms with Gasteiger partial charge in [-0.25, -0.2) is 9.97 Å². The number of hydrogen-bond donors (Lipinski definition) is 1. The first-order chi connectivity index (χ1) is 8.18. The van der Waals surface area contributed by atoms with Crippen molar-refractivity contribution >= 4 is 11.6 Å². The Morgan fingerprint density at radius 3 is 2.28 bits per heavy atom. The van der Waals surface area contributed by atoms with Crippen LogP contribution in [0.2, 0.25) is 0 Å². The van der Waals surface area contributed by atoms with Gasteiger partial charge in [0.2, 0.25) is 0 Å². The molecule has 1 heterocycles. The number of nitrogens with zero attached hydrogens (tertiary/aromatic N) is 3. The molecule has 1 aromatic heterocycles. The molecule has 0 saturated heterocycles. The Balaban J connectivity index is 3.20. The van der Waals surface area contributed by atoms with Crippen LogP contribution in [0, 0.1) is 12.3 Å². The van der Waals surface area contributed by atoms with Gasteiger partial charge in [-0.15, -0.1) is 0 Å². The fourth-order valence-corrected chi connectivity index (χ4v) is 1.83. The van der Waals surface area contributed by atoms with E-state index in [0.717, 1.165) is 23.6 Å². The van der Waals surface area contributed by atoms with Gasteiger partial charge < -0.3 is 10.6 Å². The summed E-state index contributed by atoms with van der Waals surface area (Å²) in [5.74, 6) is 2.34. The van der Waals surface area contributed by atoms with E-state index < -0.39 is 0 Å². The first-order valence-electron chi connectivity index (χ1n) is 6.54. The molecule has 2 N–H and O–H groups in total. The molecule has 1 atom stereocenters. The summed E-state index contributed by atoms with van der Waals surface area (Å²) in [5.41, 5.74) is 7.12. The molecular weight excluding hydrogens is 224 g/mol. The topological polar surface area (TPSA) is 55.0 Å². The second-order valence-electron chi connectivity index (χ2n) is 5.98. The van der Waals surface area contributed by atoms with E-state index in [0.29, 0.717) is 11.9 Å². The molecule has 0 aromatic carbocycles. The maximum atomic E-state index is 5.97. The maximum Gasteiger partial charge on any atom is 0.137 e. The largest absolute Gasteiger partial charge is 0.383 e. The summed E-state index contributed by atoms with van der Waals surface area (Å²) in [6.07, 6.45) is 0.801. The van der Waals surface area contributed by atoms with E-state index in [1.807, 2.05) is 13.8 Å². The predicted octanol–water partition coefficient (Wildman–Crippen LogP) is 2.80. The number of rotatable bonds is 3. The lowest BCUT2D eigenvalue weighted by atomic mass is 9.87. The lowest BCUT2D eigenvalue weighted by Crippen LogP contribution is -2.40. The normalized spacial score (nSPS) is 13.5. The van der Waals surface area contributed by atoms with Crippen LogP contribution in [0.4, 0.5) is 11.6 Å². The van der Waals surface area contributed by atoms with E-state index in [9.17, 15) is 0 Å². The van der Waals surface area contributed by atoms with E-state index in [1.165, 1.54) is 0 Å². The Morgan fingerprint density at radius 2 is 1.83 bits per heavy atom. The van der Waals surface area contributed by atoms with Crippen LogP contribution in [-0.2, 0) is 6.42 Å². The Morgan fingerprint density at radius 1 is 1.28 bits per heavy atom. The van der Waals surface area contributed by atoms with Crippen molar-refractivity contribution < 1.29 is 0 Å². The smallest absolute Gasteiger partial charge is 0.137 e. The number of aryl methyl sites for hydroxylation is 1. The van der Waals surface area contributed by atoms with Crippen LogP contribution in [0.1, 0.15) is 46.0 Å². The quantitative estimate of drug-likeness (QED) is 0.896. The zero-order chi connectivity index (χ0) is 14.1. The number of anilines is 2. The highest BCUT2D eigenvalue weighted by Gasteiger charge is 2.26. The molecule has 0 fully saturated rings. The molecule has 0 spiro atoms. The summed E-state index contributed by atoms with van der Waals surface area (Å²) in [6, 6.07) is 0.371. The minimum absolute atomic E-state index is 0.188. The van der Waals surface area contributed by atoms with Crippen molar-refractivity contribution in [2.45, 2.75) is 54.0 Å². The van der Waals surface area contributed by atoms with Crippen molar-refractivity contribution in [3.05, 3.63) is 11.4 Å². The van der Waals surface area contributed by atoms with Crippen LogP contribution >= 0.6 is 0 Å². The van der Waals surface area contributed by atoms with Crippen molar-refractivity contribution in [2.24, 2.45) is 5.41 Å². The van der Waals surface area contributed by atoms with E-state index in [2.05, 4.69) is 49.6 Å². The van der Waals surface area contributed by atoms with Crippen LogP contribution in [0.3, 0.4) is 0 Å². The number of nitrogen functional groups attached to an aromatic ring is 1. The predicted molar refractivity (Wildman–Crippen MR) is 77.9 cm³/mol. The summed E-state index contributed by atoms with van der Waals surface area (Å²) < 4.78 is 0. The van der Waals surface area contributed by atoms with E-state index in [4.69, 9.17) is 5.73 Å². The number of aromatic nitrogens is 2. The molecule has 1 aromatic rings. The Labute approximate surface area is 111 Å². The minimum atomic E-state index is 0.188. The molecule has 0 amide bonds. The molecule has 0 aliphatic rings. The molecule has 18 heavy (non-hydrogen) atoms. The van der Waals surface area contributed by atoms with Gasteiger partial charge in [-0.2, -0.15) is 0 Å². The third-order valence-electron chi connectivity index (χ3n) is 3.69. The van der Waals surface area contributed by atoms with Crippen molar-refractivity contribution in [3.63, 3.8) is 0 Å². The molecular formula is C14H26N4. The van der Waals surface area contributed by atoms with Crippen molar-refractivity contribution in [3.8, 4) is 0 Å². The zero-order valence-electron chi connectivity index (χ0n) is 12.7. The van der Waals surface area contributed by atoms with E-state index >= 15 is 0 Å². The monoisotopic (exact) mass is 250 g/mol. The molecule has 1 rings (SSSR count). The molecule has 1 unspecified atom stereocenters. The lowest BCUT2D eigenvalue weighted by Gasteiger charge is -2.37. The summed E-state index contributed by atoms with van der Waals surface area (Å²) in [5, 5.41) is 0. The zero-order valence-corrected chi connectivity index (χ0v) is 12.7. The third-order valence-corrected chi connectivity index (χ3v) is 3.69. The molecule has 0 saturated carbocycles. The van der Waals surface area contributed by atoms with Gasteiger partial charge in [-0.3, -0.25) is 0 Å². The Hall–Kier alpha value is -1.32. The molecule has 4 heteroatoms. The summed E-state index contributed by atoms with van der Waals surface area (Å²) >= 11 is 0. The van der Waals surface area contributed by atoms with Crippen molar-refractivity contribution in [1.29, 1.82) is 0 Å². The first-order valence-corrected chi connectivity index (χ1v) is 6.54. The number of nitrogens with two attached hydrogens (primary N) is 1. The molecule has 4 nitrogen and oxygen atoms in total. The Bertz CT molecular complexity index is 421. The van der Waals surface area contributed by atoms with Gasteiger partial charge in [0.25, 0.3) is 0 Å². The second kappa shape index (κ2) is 5.12. The highest BCUT2D eigenvalue weighted by Crippen LogP contribution is 2.29. The standard InChI is InChI=1S/C14H26N4/c1-8-11-16-12(15)9(2)13(17-11)18(7)10(3)14(4,5)6/h10H,8H2,1-7H3,(H2,15,16,17). The van der Waals surface area contributed by atoms with Crippen LogP contribution in [-0.4, -0.2) is 23.1 Å². The van der Waals surface area contributed by atoms with Gasteiger partial charge in [0.05, 0.1) is 0 Å². The van der Waals surface area contributed by atoms with Gasteiger partial charge >= 0.3 is 0 Å². The molecule has 0 aliphatic carbocycles. The highest BCUT2D eigenvalue weighted by molar-refractivity contribution is 5.56. The number of hydrogen-bond acceptors (Lipinski definition) is 4. The van der Waals surface area contributed by atoms with Crippen LogP contribution in [0.15, 0.2) is 0 Å². The first kappa shape index (κ1) is 14.7. The van der Waals surface area contributed by atoms with E-state index in [1.54, 1.807) is 0 Å². The van der Waals surface area contributed by atoms with Crippen LogP contribution < -0.4 is 10.6 Å². The maximum absolute atomic E-state index is 5.97. The van der Waals surface area contributed by atoms with Crippen LogP contribution in [0.25, 0.3) is 0 Å². The second-order valence-corrected chi connectivity index (χ2v) is 5.98. The van der Waals surface area contributed by atoms with Gasteiger partial charge in [0, 0.05) is 25.1 Å². The van der Waals surface area contributed by atoms with Gasteiger partial charge in [-0.05, 0) is 19.3 Å². The SMILES string of the molecule is CCc1nc(N)c(C)c(N(C)C(C)C(C)(C)C)n1. The molecule has 0 aliphatic heterocycles. The van der Waals surface area contributed by atoms with Gasteiger partial charge in [0.15, 0.2) is 0 Å². The summed E-state index contributed by atoms with van der Waals surface area (Å²) in [6.45, 7) is 12.9.